The zero-order valence-corrected chi connectivity index (χ0v) is 11.3. The molecular weight excluding hydrogens is 269 g/mol. The second-order valence-corrected chi connectivity index (χ2v) is 4.89. The maximum Gasteiger partial charge on any atom is 0.335 e. The van der Waals surface area contributed by atoms with Gasteiger partial charge in [-0.15, -0.1) is 0 Å². The second-order valence-electron chi connectivity index (χ2n) is 4.89. The molecular formula is C17H12FNO2. The molecule has 3 aromatic rings. The van der Waals surface area contributed by atoms with Gasteiger partial charge in [-0.2, -0.15) is 0 Å². The molecule has 0 aliphatic rings. The minimum atomic E-state index is -1.14. The predicted molar refractivity (Wildman–Crippen MR) is 78.8 cm³/mol. The summed E-state index contributed by atoms with van der Waals surface area (Å²) in [7, 11) is 0. The van der Waals surface area contributed by atoms with Crippen LogP contribution in [0.5, 0.6) is 0 Å². The maximum atomic E-state index is 13.6. The smallest absolute Gasteiger partial charge is 0.335 e. The third-order valence-electron chi connectivity index (χ3n) is 3.31. The Labute approximate surface area is 120 Å². The van der Waals surface area contributed by atoms with E-state index in [-0.39, 0.29) is 5.56 Å². The number of carboxylic acids is 1. The molecule has 0 spiro atoms. The Balaban J connectivity index is 2.16. The molecule has 0 amide bonds. The number of halogens is 1. The van der Waals surface area contributed by atoms with Crippen LogP contribution in [0.4, 0.5) is 4.39 Å². The van der Waals surface area contributed by atoms with Gasteiger partial charge in [0.15, 0.2) is 0 Å². The van der Waals surface area contributed by atoms with E-state index in [1.165, 1.54) is 12.1 Å². The number of pyridine rings is 1. The molecule has 0 fully saturated rings. The largest absolute Gasteiger partial charge is 0.478 e. The Morgan fingerprint density at radius 3 is 2.62 bits per heavy atom. The van der Waals surface area contributed by atoms with E-state index in [2.05, 4.69) is 4.98 Å². The molecule has 0 saturated heterocycles. The molecule has 0 aliphatic carbocycles. The molecule has 21 heavy (non-hydrogen) atoms. The molecule has 0 atom stereocenters. The highest BCUT2D eigenvalue weighted by Gasteiger charge is 2.09. The number of carbonyl (C=O) groups is 1. The van der Waals surface area contributed by atoms with Crippen LogP contribution in [-0.4, -0.2) is 16.1 Å². The van der Waals surface area contributed by atoms with Crippen LogP contribution in [0.2, 0.25) is 0 Å². The van der Waals surface area contributed by atoms with Crippen LogP contribution >= 0.6 is 0 Å². The summed E-state index contributed by atoms with van der Waals surface area (Å²) in [4.78, 5) is 15.4. The molecule has 1 heterocycles. The van der Waals surface area contributed by atoms with Gasteiger partial charge in [0.2, 0.25) is 0 Å². The van der Waals surface area contributed by atoms with Crippen molar-refractivity contribution in [1.82, 2.24) is 4.98 Å². The van der Waals surface area contributed by atoms with Crippen molar-refractivity contribution in [3.63, 3.8) is 0 Å². The first kappa shape index (κ1) is 13.2. The van der Waals surface area contributed by atoms with Gasteiger partial charge in [-0.25, -0.2) is 9.18 Å². The van der Waals surface area contributed by atoms with E-state index in [0.717, 1.165) is 28.2 Å². The van der Waals surface area contributed by atoms with Crippen molar-refractivity contribution in [1.29, 1.82) is 0 Å². The number of benzene rings is 2. The summed E-state index contributed by atoms with van der Waals surface area (Å²) in [5.41, 5.74) is 3.01. The molecule has 4 heteroatoms. The number of carboxylic acid groups (broad SMARTS) is 1. The average molecular weight is 281 g/mol. The third kappa shape index (κ3) is 2.60. The SMILES string of the molecule is Cc1ccc2cc(-c3cc(F)cc(C(=O)O)c3)ccc2n1. The van der Waals surface area contributed by atoms with Crippen LogP contribution in [0, 0.1) is 12.7 Å². The van der Waals surface area contributed by atoms with Crippen LogP contribution in [-0.2, 0) is 0 Å². The maximum absolute atomic E-state index is 13.6. The van der Waals surface area contributed by atoms with Gasteiger partial charge in [0.25, 0.3) is 0 Å². The normalized spacial score (nSPS) is 10.8. The van der Waals surface area contributed by atoms with Crippen LogP contribution in [0.3, 0.4) is 0 Å². The molecule has 0 unspecified atom stereocenters. The summed E-state index contributed by atoms with van der Waals surface area (Å²) < 4.78 is 13.6. The standard InChI is InChI=1S/C17H12FNO2/c1-10-2-3-12-6-11(4-5-16(12)19-10)13-7-14(17(20)21)9-15(18)8-13/h2-9H,1H3,(H,20,21). The molecule has 0 saturated carbocycles. The first-order valence-electron chi connectivity index (χ1n) is 6.44. The number of fused-ring (bicyclic) bond motifs is 1. The Bertz CT molecular complexity index is 859. The fourth-order valence-corrected chi connectivity index (χ4v) is 2.29. The summed E-state index contributed by atoms with van der Waals surface area (Å²) in [6.45, 7) is 1.92. The number of rotatable bonds is 2. The van der Waals surface area contributed by atoms with Gasteiger partial charge in [-0.05, 0) is 54.4 Å². The molecule has 2 aromatic carbocycles. The van der Waals surface area contributed by atoms with Gasteiger partial charge < -0.3 is 5.11 Å². The summed E-state index contributed by atoms with van der Waals surface area (Å²) >= 11 is 0. The van der Waals surface area contributed by atoms with E-state index >= 15 is 0 Å². The quantitative estimate of drug-likeness (QED) is 0.771. The topological polar surface area (TPSA) is 50.2 Å². The highest BCUT2D eigenvalue weighted by Crippen LogP contribution is 2.25. The van der Waals surface area contributed by atoms with E-state index in [1.807, 2.05) is 37.3 Å². The molecule has 1 aromatic heterocycles. The van der Waals surface area contributed by atoms with E-state index in [9.17, 15) is 9.18 Å². The molecule has 1 N–H and O–H groups in total. The molecule has 0 aliphatic heterocycles. The Morgan fingerprint density at radius 1 is 1.05 bits per heavy atom. The highest BCUT2D eigenvalue weighted by atomic mass is 19.1. The van der Waals surface area contributed by atoms with Crippen molar-refractivity contribution in [2.75, 3.05) is 0 Å². The molecule has 3 nitrogen and oxygen atoms in total. The van der Waals surface area contributed by atoms with Gasteiger partial charge in [0.05, 0.1) is 11.1 Å². The van der Waals surface area contributed by atoms with E-state index < -0.39 is 11.8 Å². The van der Waals surface area contributed by atoms with Gasteiger partial charge >= 0.3 is 5.97 Å². The van der Waals surface area contributed by atoms with Crippen LogP contribution in [0.25, 0.3) is 22.0 Å². The Hall–Kier alpha value is -2.75. The summed E-state index contributed by atoms with van der Waals surface area (Å²) in [6, 6.07) is 13.2. The van der Waals surface area contributed by atoms with Crippen molar-refractivity contribution in [2.24, 2.45) is 0 Å². The summed E-state index contributed by atoms with van der Waals surface area (Å²) in [6.07, 6.45) is 0. The summed E-state index contributed by atoms with van der Waals surface area (Å²) in [5, 5.41) is 9.94. The number of hydrogen-bond acceptors (Lipinski definition) is 2. The number of aromatic carboxylic acids is 1. The van der Waals surface area contributed by atoms with Crippen molar-refractivity contribution < 1.29 is 14.3 Å². The summed E-state index contributed by atoms with van der Waals surface area (Å²) in [5.74, 6) is -1.71. The third-order valence-corrected chi connectivity index (χ3v) is 3.31. The predicted octanol–water partition coefficient (Wildman–Crippen LogP) is 4.05. The number of hydrogen-bond donors (Lipinski definition) is 1. The van der Waals surface area contributed by atoms with Crippen molar-refractivity contribution >= 4 is 16.9 Å². The van der Waals surface area contributed by atoms with Crippen molar-refractivity contribution in [2.45, 2.75) is 6.92 Å². The zero-order valence-electron chi connectivity index (χ0n) is 11.3. The average Bonchev–Trinajstić information content (AvgIpc) is 2.46. The fourth-order valence-electron chi connectivity index (χ4n) is 2.29. The van der Waals surface area contributed by atoms with Gasteiger partial charge in [0.1, 0.15) is 5.82 Å². The fraction of sp³-hybridized carbons (Fsp3) is 0.0588. The highest BCUT2D eigenvalue weighted by molar-refractivity contribution is 5.90. The van der Waals surface area contributed by atoms with Crippen molar-refractivity contribution in [3.8, 4) is 11.1 Å². The van der Waals surface area contributed by atoms with Gasteiger partial charge in [-0.3, -0.25) is 4.98 Å². The van der Waals surface area contributed by atoms with Crippen LogP contribution in [0.1, 0.15) is 16.1 Å². The number of aryl methyl sites for hydroxylation is 1. The lowest BCUT2D eigenvalue weighted by atomic mass is 10.0. The van der Waals surface area contributed by atoms with E-state index in [0.29, 0.717) is 5.56 Å². The lowest BCUT2D eigenvalue weighted by Gasteiger charge is -2.06. The molecule has 0 radical (unpaired) electrons. The second kappa shape index (κ2) is 4.98. The molecule has 3 rings (SSSR count). The molecule has 0 bridgehead atoms. The molecule has 104 valence electrons. The van der Waals surface area contributed by atoms with Crippen LogP contribution in [0.15, 0.2) is 48.5 Å². The minimum absolute atomic E-state index is 0.0628. The first-order chi connectivity index (χ1) is 10.0. The Morgan fingerprint density at radius 2 is 1.86 bits per heavy atom. The number of aromatic nitrogens is 1. The monoisotopic (exact) mass is 281 g/mol. The number of nitrogens with zero attached hydrogens (tertiary/aromatic N) is 1. The minimum Gasteiger partial charge on any atom is -0.478 e. The zero-order chi connectivity index (χ0) is 15.0. The van der Waals surface area contributed by atoms with Crippen molar-refractivity contribution in [3.05, 3.63) is 65.6 Å². The lowest BCUT2D eigenvalue weighted by molar-refractivity contribution is 0.0696. The van der Waals surface area contributed by atoms with E-state index in [1.54, 1.807) is 0 Å². The van der Waals surface area contributed by atoms with Crippen LogP contribution < -0.4 is 0 Å². The van der Waals surface area contributed by atoms with Gasteiger partial charge in [0, 0.05) is 11.1 Å². The lowest BCUT2D eigenvalue weighted by Crippen LogP contribution is -1.97. The Kier molecular flexibility index (Phi) is 3.14. The van der Waals surface area contributed by atoms with E-state index in [4.69, 9.17) is 5.11 Å². The first-order valence-corrected chi connectivity index (χ1v) is 6.44. The van der Waals surface area contributed by atoms with Gasteiger partial charge in [-0.1, -0.05) is 12.1 Å².